The third-order valence-corrected chi connectivity index (χ3v) is 9.28. The van der Waals surface area contributed by atoms with Gasteiger partial charge < -0.3 is 101 Å². The third kappa shape index (κ3) is 13.1. The second kappa shape index (κ2) is 22.7. The molecule has 3 heterocycles. The molecule has 0 aromatic rings. The third-order valence-electron chi connectivity index (χ3n) is 9.28. The van der Waals surface area contributed by atoms with Gasteiger partial charge in [0.05, 0.1) is 44.7 Å². The molecule has 0 spiro atoms. The van der Waals surface area contributed by atoms with Gasteiger partial charge in [-0.1, -0.05) is 13.8 Å². The number of nitrogens with two attached hydrogens (primary N) is 1. The fraction of sp³-hybridized carbons (Fsp3) is 0.844. The first-order valence-corrected chi connectivity index (χ1v) is 17.7. The largest absolute Gasteiger partial charge is 1.00 e. The monoisotopic (exact) mass is 839 g/mol. The number of hydrogen-bond donors (Lipinski definition) is 14. The fourth-order valence-electron chi connectivity index (χ4n) is 6.32. The smallest absolute Gasteiger partial charge is 0.480 e. The van der Waals surface area contributed by atoms with Crippen LogP contribution in [0.4, 0.5) is 0 Å². The van der Waals surface area contributed by atoms with Gasteiger partial charge in [0, 0.05) is 19.6 Å². The molecule has 0 radical (unpaired) electrons. The summed E-state index contributed by atoms with van der Waals surface area (Å²) in [5.41, 5.74) is 5.89. The van der Waals surface area contributed by atoms with Crippen molar-refractivity contribution in [2.24, 2.45) is 11.7 Å². The Bertz CT molecular complexity index is 1320. The molecule has 3 saturated heterocycles. The van der Waals surface area contributed by atoms with Crippen molar-refractivity contribution >= 4 is 23.8 Å². The molecule has 0 aromatic carbocycles. The molecule has 0 aromatic heterocycles. The van der Waals surface area contributed by atoms with Crippen molar-refractivity contribution in [2.75, 3.05) is 26.4 Å². The normalized spacial score (nSPS) is 36.6. The van der Waals surface area contributed by atoms with Gasteiger partial charge in [0.25, 0.3) is 5.79 Å². The second-order valence-electron chi connectivity index (χ2n) is 14.1. The van der Waals surface area contributed by atoms with Gasteiger partial charge in [-0.25, -0.2) is 16.0 Å². The SMILES string of the molecule is CC(=O)N[C@@H]1C(O)C[C@](O[C@@H]2C(O)[C@H](O[C@@H]3[CH-][C@@H](OCC(N)C(=O)NC(CC(C)C)C(=O)O)OC(CO)[C@@H]3O)OC(CO)[C@@H]2O)(C(=O)O)OC1[C@H](O)[C@H](O)CO.[Na+]. The van der Waals surface area contributed by atoms with E-state index in [0.717, 1.165) is 13.3 Å². The number of carbonyl (C=O) groups is 4. The summed E-state index contributed by atoms with van der Waals surface area (Å²) in [6.45, 7) is 1.09. The van der Waals surface area contributed by atoms with Gasteiger partial charge in [0.2, 0.25) is 11.8 Å². The van der Waals surface area contributed by atoms with E-state index in [1.54, 1.807) is 13.8 Å². The van der Waals surface area contributed by atoms with Crippen molar-refractivity contribution in [3.63, 3.8) is 0 Å². The molecule has 0 saturated carbocycles. The zero-order valence-corrected chi connectivity index (χ0v) is 33.7. The molecule has 3 aliphatic rings. The van der Waals surface area contributed by atoms with Crippen molar-refractivity contribution in [2.45, 2.75) is 137 Å². The molecule has 0 bridgehead atoms. The van der Waals surface area contributed by atoms with E-state index in [9.17, 15) is 75.3 Å². The first-order valence-electron chi connectivity index (χ1n) is 17.7. The number of carboxylic acids is 2. The Morgan fingerprint density at radius 3 is 2.11 bits per heavy atom. The Morgan fingerprint density at radius 2 is 1.58 bits per heavy atom. The van der Waals surface area contributed by atoms with Gasteiger partial charge in [-0.2, -0.15) is 0 Å². The average molecular weight is 840 g/mol. The summed E-state index contributed by atoms with van der Waals surface area (Å²) in [4.78, 5) is 48.8. The molecule has 17 atom stereocenters. The standard InChI is InChI=1S/C32H54N3O21.Na/c1-11(2)4-14(29(47)48)35-28(46)13(33)10-51-20-5-17(23(43)18(8-37)52-20)53-30-25(45)27(24(44)19(9-38)54-30)56-32(31(49)50)6-15(40)21(34-12(3)39)26(55-32)22(42)16(41)7-36;/h5,11,13-27,30,36-38,40-45H,4,6-10,33H2,1-3H3,(H,34,39)(H,35,46)(H,47,48)(H,49,50);/q-1;+1/t13?,14?,15?,16-,17-,18?,19?,20+,21-,22-,23-,24+,25?,26?,27+,30-,32+;/m1./s1. The summed E-state index contributed by atoms with van der Waals surface area (Å²) in [7, 11) is 0. The number of amides is 2. The number of aliphatic carboxylic acids is 2. The van der Waals surface area contributed by atoms with Crippen LogP contribution in [0.15, 0.2) is 0 Å². The van der Waals surface area contributed by atoms with E-state index in [0.29, 0.717) is 0 Å². The summed E-state index contributed by atoms with van der Waals surface area (Å²) in [6, 6.07) is -4.22. The number of aliphatic hydroxyl groups is 9. The van der Waals surface area contributed by atoms with E-state index >= 15 is 0 Å². The van der Waals surface area contributed by atoms with E-state index in [4.69, 9.17) is 34.2 Å². The van der Waals surface area contributed by atoms with Crippen LogP contribution in [0.25, 0.3) is 0 Å². The van der Waals surface area contributed by atoms with Crippen LogP contribution in [0.5, 0.6) is 0 Å². The van der Waals surface area contributed by atoms with Gasteiger partial charge in [-0.15, -0.1) is 0 Å². The van der Waals surface area contributed by atoms with E-state index < -0.39 is 160 Å². The molecule has 3 rings (SSSR count). The van der Waals surface area contributed by atoms with Crippen LogP contribution in [-0.4, -0.2) is 210 Å². The first-order chi connectivity index (χ1) is 26.2. The zero-order valence-electron chi connectivity index (χ0n) is 31.7. The number of nitrogens with one attached hydrogen (secondary N) is 2. The van der Waals surface area contributed by atoms with E-state index in [1.165, 1.54) is 0 Å². The molecule has 3 fully saturated rings. The van der Waals surface area contributed by atoms with Crippen LogP contribution in [0.2, 0.25) is 0 Å². The molecular formula is C32H54N3NaO21. The van der Waals surface area contributed by atoms with Crippen molar-refractivity contribution < 1.29 is 133 Å². The van der Waals surface area contributed by atoms with Crippen LogP contribution in [-0.2, 0) is 47.6 Å². The fourth-order valence-corrected chi connectivity index (χ4v) is 6.32. The molecule has 7 unspecified atom stereocenters. The molecule has 324 valence electrons. The van der Waals surface area contributed by atoms with E-state index in [1.807, 2.05) is 0 Å². The van der Waals surface area contributed by atoms with Gasteiger partial charge >= 0.3 is 41.5 Å². The molecule has 24 nitrogen and oxygen atoms in total. The van der Waals surface area contributed by atoms with Gasteiger partial charge in [0.15, 0.2) is 6.29 Å². The summed E-state index contributed by atoms with van der Waals surface area (Å²) in [6.07, 6.45) is -24.1. The molecule has 2 amide bonds. The molecule has 15 N–H and O–H groups in total. The minimum atomic E-state index is -3.06. The van der Waals surface area contributed by atoms with Gasteiger partial charge in [-0.3, -0.25) is 9.59 Å². The van der Waals surface area contributed by atoms with Crippen molar-refractivity contribution in [1.82, 2.24) is 10.6 Å². The van der Waals surface area contributed by atoms with Crippen LogP contribution in [0.3, 0.4) is 0 Å². The predicted molar refractivity (Wildman–Crippen MR) is 179 cm³/mol. The Balaban J connectivity index is 0.0000112. The first kappa shape index (κ1) is 51.4. The molecule has 25 heteroatoms. The Kier molecular flexibility index (Phi) is 20.5. The van der Waals surface area contributed by atoms with Crippen LogP contribution in [0.1, 0.15) is 33.6 Å². The molecular weight excluding hydrogens is 785 g/mol. The molecule has 3 aliphatic heterocycles. The van der Waals surface area contributed by atoms with Gasteiger partial charge in [0.1, 0.15) is 60.9 Å². The van der Waals surface area contributed by atoms with Gasteiger partial charge in [-0.05, 0) is 18.4 Å². The van der Waals surface area contributed by atoms with Crippen LogP contribution in [0, 0.1) is 12.3 Å². The van der Waals surface area contributed by atoms with Crippen LogP contribution < -0.4 is 45.9 Å². The topological polar surface area (TPSA) is 396 Å². The number of aliphatic hydroxyl groups excluding tert-OH is 9. The molecule has 0 aliphatic carbocycles. The Labute approximate surface area is 348 Å². The summed E-state index contributed by atoms with van der Waals surface area (Å²) >= 11 is 0. The van der Waals surface area contributed by atoms with E-state index in [2.05, 4.69) is 10.6 Å². The molecule has 57 heavy (non-hydrogen) atoms. The maximum atomic E-state index is 12.8. The quantitative estimate of drug-likeness (QED) is 0.0424. The predicted octanol–water partition coefficient (Wildman–Crippen LogP) is -10.4. The van der Waals surface area contributed by atoms with Crippen LogP contribution >= 0.6 is 0 Å². The minimum Gasteiger partial charge on any atom is -0.480 e. The number of rotatable bonds is 19. The second-order valence-corrected chi connectivity index (χ2v) is 14.1. The number of carboxylic acid groups (broad SMARTS) is 2. The number of carbonyl (C=O) groups excluding carboxylic acids is 2. The maximum absolute atomic E-state index is 12.8. The minimum absolute atomic E-state index is 0. The summed E-state index contributed by atoms with van der Waals surface area (Å²) < 4.78 is 33.5. The van der Waals surface area contributed by atoms with E-state index in [-0.39, 0.29) is 41.9 Å². The summed E-state index contributed by atoms with van der Waals surface area (Å²) in [5, 5.41) is 119. The number of hydrogen-bond acceptors (Lipinski definition) is 20. The number of ether oxygens (including phenoxy) is 6. The Morgan fingerprint density at radius 1 is 0.965 bits per heavy atom. The average Bonchev–Trinajstić information content (AvgIpc) is 3.13. The van der Waals surface area contributed by atoms with Crippen molar-refractivity contribution in [3.8, 4) is 0 Å². The maximum Gasteiger partial charge on any atom is 1.00 e. The van der Waals surface area contributed by atoms with Crippen molar-refractivity contribution in [1.29, 1.82) is 0 Å². The Hall–Kier alpha value is -1.76. The summed E-state index contributed by atoms with van der Waals surface area (Å²) in [5.74, 6) is -8.03. The zero-order chi connectivity index (χ0) is 42.2. The van der Waals surface area contributed by atoms with Crippen molar-refractivity contribution in [3.05, 3.63) is 6.42 Å².